The number of benzene rings is 1. The Bertz CT molecular complexity index is 446. The van der Waals surface area contributed by atoms with Crippen LogP contribution in [0.3, 0.4) is 0 Å². The second kappa shape index (κ2) is 7.08. The fourth-order valence-corrected chi connectivity index (χ4v) is 2.99. The van der Waals surface area contributed by atoms with E-state index >= 15 is 0 Å². The minimum atomic E-state index is -0.223. The fourth-order valence-electron chi connectivity index (χ4n) is 2.99. The average molecular weight is 290 g/mol. The number of nitrogens with one attached hydrogen (secondary N) is 1. The molecule has 1 atom stereocenters. The highest BCUT2D eigenvalue weighted by Crippen LogP contribution is 2.27. The molecule has 0 aliphatic heterocycles. The van der Waals surface area contributed by atoms with E-state index in [0.717, 1.165) is 12.0 Å². The van der Waals surface area contributed by atoms with Gasteiger partial charge in [0.1, 0.15) is 0 Å². The number of rotatable bonds is 6. The summed E-state index contributed by atoms with van der Waals surface area (Å²) in [7, 11) is 0. The SMILES string of the molecule is CC(C)(C)CC(C)(C)NC(=O)C(CN)Cc1ccccc1. The molecule has 0 saturated heterocycles. The molecule has 0 aromatic heterocycles. The molecule has 1 amide bonds. The Morgan fingerprint density at radius 2 is 1.71 bits per heavy atom. The smallest absolute Gasteiger partial charge is 0.225 e. The Kier molecular flexibility index (Phi) is 5.97. The van der Waals surface area contributed by atoms with Crippen LogP contribution >= 0.6 is 0 Å². The van der Waals surface area contributed by atoms with Crippen molar-refractivity contribution in [3.05, 3.63) is 35.9 Å². The summed E-state index contributed by atoms with van der Waals surface area (Å²) in [6.45, 7) is 11.1. The quantitative estimate of drug-likeness (QED) is 0.845. The summed E-state index contributed by atoms with van der Waals surface area (Å²) >= 11 is 0. The van der Waals surface area contributed by atoms with Gasteiger partial charge in [-0.05, 0) is 37.7 Å². The van der Waals surface area contributed by atoms with Crippen molar-refractivity contribution in [3.8, 4) is 0 Å². The van der Waals surface area contributed by atoms with E-state index in [1.807, 2.05) is 30.3 Å². The molecular formula is C18H30N2O. The van der Waals surface area contributed by atoms with Crippen LogP contribution in [0.25, 0.3) is 0 Å². The Labute approximate surface area is 129 Å². The summed E-state index contributed by atoms with van der Waals surface area (Å²) in [5.74, 6) is -0.123. The van der Waals surface area contributed by atoms with Gasteiger partial charge in [-0.15, -0.1) is 0 Å². The van der Waals surface area contributed by atoms with Crippen molar-refractivity contribution < 1.29 is 4.79 Å². The van der Waals surface area contributed by atoms with Crippen LogP contribution in [0, 0.1) is 11.3 Å². The molecule has 0 bridgehead atoms. The van der Waals surface area contributed by atoms with Crippen LogP contribution in [0.5, 0.6) is 0 Å². The Morgan fingerprint density at radius 3 is 2.19 bits per heavy atom. The Balaban J connectivity index is 2.67. The maximum atomic E-state index is 12.5. The highest BCUT2D eigenvalue weighted by molar-refractivity contribution is 5.80. The van der Waals surface area contributed by atoms with Crippen LogP contribution < -0.4 is 11.1 Å². The van der Waals surface area contributed by atoms with E-state index in [4.69, 9.17) is 5.73 Å². The standard InChI is InChI=1S/C18H30N2O/c1-17(2,3)13-18(4,5)20-16(21)15(12-19)11-14-9-7-6-8-10-14/h6-10,15H,11-13,19H2,1-5H3,(H,20,21). The summed E-state index contributed by atoms with van der Waals surface area (Å²) in [6.07, 6.45) is 1.61. The molecule has 1 unspecified atom stereocenters. The summed E-state index contributed by atoms with van der Waals surface area (Å²) in [6, 6.07) is 10.0. The zero-order valence-electron chi connectivity index (χ0n) is 14.1. The van der Waals surface area contributed by atoms with Crippen LogP contribution in [-0.2, 0) is 11.2 Å². The molecule has 0 aliphatic carbocycles. The molecule has 1 rings (SSSR count). The average Bonchev–Trinajstić information content (AvgIpc) is 2.33. The zero-order chi connectivity index (χ0) is 16.1. The normalized spacial score (nSPS) is 13.8. The van der Waals surface area contributed by atoms with Crippen LogP contribution in [-0.4, -0.2) is 18.0 Å². The highest BCUT2D eigenvalue weighted by atomic mass is 16.2. The first-order valence-corrected chi connectivity index (χ1v) is 7.69. The minimum Gasteiger partial charge on any atom is -0.351 e. The number of hydrogen-bond acceptors (Lipinski definition) is 2. The van der Waals surface area contributed by atoms with Crippen LogP contribution in [0.2, 0.25) is 0 Å². The van der Waals surface area contributed by atoms with Gasteiger partial charge in [-0.25, -0.2) is 0 Å². The van der Waals surface area contributed by atoms with Gasteiger partial charge in [0, 0.05) is 12.1 Å². The molecule has 0 saturated carbocycles. The summed E-state index contributed by atoms with van der Waals surface area (Å²) in [4.78, 5) is 12.5. The van der Waals surface area contributed by atoms with Gasteiger partial charge in [0.2, 0.25) is 5.91 Å². The van der Waals surface area contributed by atoms with Gasteiger partial charge in [0.25, 0.3) is 0 Å². The zero-order valence-corrected chi connectivity index (χ0v) is 14.1. The third-order valence-electron chi connectivity index (χ3n) is 3.41. The molecule has 1 aromatic carbocycles. The van der Waals surface area contributed by atoms with Gasteiger partial charge in [-0.3, -0.25) is 4.79 Å². The Hall–Kier alpha value is -1.35. The van der Waals surface area contributed by atoms with Gasteiger partial charge in [-0.2, -0.15) is 0 Å². The van der Waals surface area contributed by atoms with E-state index in [1.54, 1.807) is 0 Å². The number of carbonyl (C=O) groups is 1. The first-order valence-electron chi connectivity index (χ1n) is 7.69. The number of hydrogen-bond donors (Lipinski definition) is 2. The number of carbonyl (C=O) groups excluding carboxylic acids is 1. The summed E-state index contributed by atoms with van der Waals surface area (Å²) in [5.41, 5.74) is 6.91. The lowest BCUT2D eigenvalue weighted by atomic mass is 9.81. The molecule has 0 spiro atoms. The minimum absolute atomic E-state index is 0.0515. The summed E-state index contributed by atoms with van der Waals surface area (Å²) < 4.78 is 0. The van der Waals surface area contributed by atoms with Gasteiger partial charge in [0.05, 0.1) is 5.92 Å². The first kappa shape index (κ1) is 17.7. The molecule has 0 fully saturated rings. The lowest BCUT2D eigenvalue weighted by Crippen LogP contribution is -2.49. The number of amides is 1. The largest absolute Gasteiger partial charge is 0.351 e. The van der Waals surface area contributed by atoms with E-state index < -0.39 is 0 Å². The van der Waals surface area contributed by atoms with Crippen LogP contribution in [0.1, 0.15) is 46.6 Å². The third-order valence-corrected chi connectivity index (χ3v) is 3.41. The van der Waals surface area contributed by atoms with Crippen LogP contribution in [0.15, 0.2) is 30.3 Å². The summed E-state index contributed by atoms with van der Waals surface area (Å²) in [5, 5.41) is 3.17. The van der Waals surface area contributed by atoms with Gasteiger partial charge in [0.15, 0.2) is 0 Å². The van der Waals surface area contributed by atoms with Crippen molar-refractivity contribution in [1.82, 2.24) is 5.32 Å². The lowest BCUT2D eigenvalue weighted by molar-refractivity contribution is -0.126. The van der Waals surface area contributed by atoms with E-state index in [9.17, 15) is 4.79 Å². The maximum Gasteiger partial charge on any atom is 0.225 e. The topological polar surface area (TPSA) is 55.1 Å². The van der Waals surface area contributed by atoms with Gasteiger partial charge in [-0.1, -0.05) is 51.1 Å². The van der Waals surface area contributed by atoms with E-state index in [-0.39, 0.29) is 22.8 Å². The van der Waals surface area contributed by atoms with E-state index in [2.05, 4.69) is 39.9 Å². The number of nitrogens with two attached hydrogens (primary N) is 1. The third kappa shape index (κ3) is 6.76. The molecule has 0 heterocycles. The van der Waals surface area contributed by atoms with E-state index in [0.29, 0.717) is 13.0 Å². The van der Waals surface area contributed by atoms with Crippen LogP contribution in [0.4, 0.5) is 0 Å². The van der Waals surface area contributed by atoms with Crippen molar-refractivity contribution in [2.24, 2.45) is 17.1 Å². The van der Waals surface area contributed by atoms with Crippen molar-refractivity contribution >= 4 is 5.91 Å². The molecule has 21 heavy (non-hydrogen) atoms. The van der Waals surface area contributed by atoms with Crippen molar-refractivity contribution in [1.29, 1.82) is 0 Å². The van der Waals surface area contributed by atoms with Crippen molar-refractivity contribution in [2.75, 3.05) is 6.54 Å². The fraction of sp³-hybridized carbons (Fsp3) is 0.611. The first-order chi connectivity index (χ1) is 9.63. The predicted molar refractivity (Wildman–Crippen MR) is 89.0 cm³/mol. The van der Waals surface area contributed by atoms with Crippen molar-refractivity contribution in [3.63, 3.8) is 0 Å². The molecule has 0 radical (unpaired) electrons. The monoisotopic (exact) mass is 290 g/mol. The molecule has 3 N–H and O–H groups in total. The molecule has 118 valence electrons. The molecular weight excluding hydrogens is 260 g/mol. The second-order valence-corrected chi connectivity index (χ2v) is 7.73. The second-order valence-electron chi connectivity index (χ2n) is 7.73. The van der Waals surface area contributed by atoms with Crippen molar-refractivity contribution in [2.45, 2.75) is 53.0 Å². The highest BCUT2D eigenvalue weighted by Gasteiger charge is 2.29. The van der Waals surface area contributed by atoms with Gasteiger partial charge < -0.3 is 11.1 Å². The van der Waals surface area contributed by atoms with Gasteiger partial charge >= 0.3 is 0 Å². The molecule has 3 nitrogen and oxygen atoms in total. The maximum absolute atomic E-state index is 12.5. The predicted octanol–water partition coefficient (Wildman–Crippen LogP) is 3.14. The Morgan fingerprint density at radius 1 is 1.14 bits per heavy atom. The van der Waals surface area contributed by atoms with E-state index in [1.165, 1.54) is 0 Å². The molecule has 0 aliphatic rings. The molecule has 1 aromatic rings. The lowest BCUT2D eigenvalue weighted by Gasteiger charge is -2.34. The molecule has 3 heteroatoms.